The molecule has 0 aromatic carbocycles. The monoisotopic (exact) mass is 207 g/mol. The van der Waals surface area contributed by atoms with Crippen LogP contribution in [0.5, 0.6) is 0 Å². The lowest BCUT2D eigenvalue weighted by molar-refractivity contribution is -0.139. The predicted octanol–water partition coefficient (Wildman–Crippen LogP) is 1.34. The first-order valence-corrected chi connectivity index (χ1v) is 4.67. The van der Waals surface area contributed by atoms with Crippen molar-refractivity contribution < 1.29 is 14.3 Å². The molecule has 1 unspecified atom stereocenters. The van der Waals surface area contributed by atoms with E-state index in [1.807, 2.05) is 6.07 Å². The fraction of sp³-hybridized carbons (Fsp3) is 0.455. The van der Waals surface area contributed by atoms with Gasteiger partial charge in [0.2, 0.25) is 0 Å². The van der Waals surface area contributed by atoms with Crippen LogP contribution in [-0.4, -0.2) is 25.3 Å². The molecule has 0 N–H and O–H groups in total. The molecule has 1 saturated heterocycles. The molecule has 1 fully saturated rings. The van der Waals surface area contributed by atoms with Gasteiger partial charge in [-0.3, -0.25) is 0 Å². The van der Waals surface area contributed by atoms with Crippen LogP contribution in [0.3, 0.4) is 0 Å². The average Bonchev–Trinajstić information content (AvgIpc) is 3.05. The molecule has 80 valence electrons. The van der Waals surface area contributed by atoms with Crippen molar-refractivity contribution >= 4 is 5.97 Å². The molecule has 15 heavy (non-hydrogen) atoms. The number of rotatable bonds is 5. The highest BCUT2D eigenvalue weighted by Crippen LogP contribution is 2.11. The van der Waals surface area contributed by atoms with Gasteiger partial charge in [0, 0.05) is 11.1 Å². The number of nitrogens with zero attached hydrogens (tertiary/aromatic N) is 1. The van der Waals surface area contributed by atoms with E-state index < -0.39 is 5.97 Å². The summed E-state index contributed by atoms with van der Waals surface area (Å²) >= 11 is 0. The Morgan fingerprint density at radius 2 is 2.47 bits per heavy atom. The van der Waals surface area contributed by atoms with Gasteiger partial charge in [-0.25, -0.2) is 4.79 Å². The zero-order valence-corrected chi connectivity index (χ0v) is 8.66. The highest BCUT2D eigenvalue weighted by Gasteiger charge is 2.24. The van der Waals surface area contributed by atoms with Crippen LogP contribution in [-0.2, 0) is 14.3 Å². The first kappa shape index (κ1) is 11.5. The number of esters is 1. The van der Waals surface area contributed by atoms with Crippen molar-refractivity contribution in [2.45, 2.75) is 19.4 Å². The second-order valence-electron chi connectivity index (χ2n) is 3.36. The van der Waals surface area contributed by atoms with Gasteiger partial charge in [-0.1, -0.05) is 12.7 Å². The Morgan fingerprint density at radius 1 is 1.80 bits per heavy atom. The standard InChI is InChI=1S/C11H13NO3/c1-8(5-12)3-4-9(2)11(13)15-7-10-6-14-10/h3,10H,2,4,6-7H2,1H3. The molecule has 1 heterocycles. The molecule has 0 saturated carbocycles. The summed E-state index contributed by atoms with van der Waals surface area (Å²) in [7, 11) is 0. The number of allylic oxidation sites excluding steroid dienone is 2. The molecule has 1 atom stereocenters. The molecule has 0 radical (unpaired) electrons. The summed E-state index contributed by atoms with van der Waals surface area (Å²) in [5.41, 5.74) is 0.916. The first-order chi connectivity index (χ1) is 7.13. The maximum Gasteiger partial charge on any atom is 0.333 e. The molecule has 0 amide bonds. The van der Waals surface area contributed by atoms with E-state index in [-0.39, 0.29) is 6.10 Å². The average molecular weight is 207 g/mol. The third kappa shape index (κ3) is 4.43. The fourth-order valence-electron chi connectivity index (χ4n) is 0.840. The first-order valence-electron chi connectivity index (χ1n) is 4.67. The van der Waals surface area contributed by atoms with Crippen LogP contribution < -0.4 is 0 Å². The molecule has 4 nitrogen and oxygen atoms in total. The van der Waals surface area contributed by atoms with E-state index in [4.69, 9.17) is 14.7 Å². The molecule has 0 aliphatic carbocycles. The van der Waals surface area contributed by atoms with Gasteiger partial charge in [0.25, 0.3) is 0 Å². The lowest BCUT2D eigenvalue weighted by atomic mass is 10.1. The van der Waals surface area contributed by atoms with Crippen LogP contribution in [0.25, 0.3) is 0 Å². The highest BCUT2D eigenvalue weighted by atomic mass is 16.6. The van der Waals surface area contributed by atoms with E-state index in [1.165, 1.54) is 0 Å². The Hall–Kier alpha value is -1.60. The predicted molar refractivity (Wildman–Crippen MR) is 53.8 cm³/mol. The van der Waals surface area contributed by atoms with Gasteiger partial charge in [0.1, 0.15) is 12.7 Å². The summed E-state index contributed by atoms with van der Waals surface area (Å²) in [5, 5.41) is 8.49. The third-order valence-corrected chi connectivity index (χ3v) is 1.92. The Morgan fingerprint density at radius 3 is 3.00 bits per heavy atom. The SMILES string of the molecule is C=C(CC=C(C)C#N)C(=O)OCC1CO1. The Kier molecular flexibility index (Phi) is 4.07. The minimum atomic E-state index is -0.424. The third-order valence-electron chi connectivity index (χ3n) is 1.92. The lowest BCUT2D eigenvalue weighted by Crippen LogP contribution is -2.11. The molecule has 4 heteroatoms. The number of carbonyl (C=O) groups is 1. The largest absolute Gasteiger partial charge is 0.459 e. The number of epoxide rings is 1. The summed E-state index contributed by atoms with van der Waals surface area (Å²) in [6, 6.07) is 1.97. The fourth-order valence-corrected chi connectivity index (χ4v) is 0.840. The zero-order chi connectivity index (χ0) is 11.3. The molecule has 0 spiro atoms. The minimum Gasteiger partial charge on any atom is -0.459 e. The van der Waals surface area contributed by atoms with E-state index in [0.29, 0.717) is 30.8 Å². The van der Waals surface area contributed by atoms with Gasteiger partial charge in [0.15, 0.2) is 0 Å². The quantitative estimate of drug-likeness (QED) is 0.295. The topological polar surface area (TPSA) is 62.6 Å². The Labute approximate surface area is 88.8 Å². The molecular formula is C11H13NO3. The second kappa shape index (κ2) is 5.32. The molecule has 0 aromatic rings. The molecule has 1 rings (SSSR count). The minimum absolute atomic E-state index is 0.0677. The van der Waals surface area contributed by atoms with Crippen molar-refractivity contribution in [2.24, 2.45) is 0 Å². The van der Waals surface area contributed by atoms with Crippen molar-refractivity contribution in [3.63, 3.8) is 0 Å². The van der Waals surface area contributed by atoms with Gasteiger partial charge in [-0.15, -0.1) is 0 Å². The van der Waals surface area contributed by atoms with Crippen molar-refractivity contribution in [2.75, 3.05) is 13.2 Å². The van der Waals surface area contributed by atoms with Crippen LogP contribution in [0, 0.1) is 11.3 Å². The second-order valence-corrected chi connectivity index (χ2v) is 3.36. The maximum absolute atomic E-state index is 11.3. The molecular weight excluding hydrogens is 194 g/mol. The van der Waals surface area contributed by atoms with Gasteiger partial charge >= 0.3 is 5.97 Å². The lowest BCUT2D eigenvalue weighted by Gasteiger charge is -2.03. The smallest absolute Gasteiger partial charge is 0.333 e. The molecule has 1 aliphatic rings. The molecule has 0 aromatic heterocycles. The summed E-state index contributed by atoms with van der Waals surface area (Å²) in [4.78, 5) is 11.3. The van der Waals surface area contributed by atoms with Crippen molar-refractivity contribution in [1.82, 2.24) is 0 Å². The number of hydrogen-bond donors (Lipinski definition) is 0. The summed E-state index contributed by atoms with van der Waals surface area (Å²) < 4.78 is 9.81. The van der Waals surface area contributed by atoms with E-state index in [9.17, 15) is 4.79 Å². The summed E-state index contributed by atoms with van der Waals surface area (Å²) in [5.74, 6) is -0.424. The van der Waals surface area contributed by atoms with Gasteiger partial charge in [-0.05, 0) is 13.3 Å². The molecule has 0 bridgehead atoms. The normalized spacial score (nSPS) is 19.2. The number of carbonyl (C=O) groups excluding carboxylic acids is 1. The Balaban J connectivity index is 2.26. The van der Waals surface area contributed by atoms with Crippen molar-refractivity contribution in [3.8, 4) is 6.07 Å². The van der Waals surface area contributed by atoms with E-state index in [2.05, 4.69) is 6.58 Å². The number of nitriles is 1. The molecule has 1 aliphatic heterocycles. The van der Waals surface area contributed by atoms with Crippen LogP contribution >= 0.6 is 0 Å². The van der Waals surface area contributed by atoms with E-state index in [0.717, 1.165) is 0 Å². The van der Waals surface area contributed by atoms with E-state index >= 15 is 0 Å². The van der Waals surface area contributed by atoms with Gasteiger partial charge < -0.3 is 9.47 Å². The Bertz CT molecular complexity index is 334. The van der Waals surface area contributed by atoms with Crippen molar-refractivity contribution in [1.29, 1.82) is 5.26 Å². The van der Waals surface area contributed by atoms with Gasteiger partial charge in [0.05, 0.1) is 12.7 Å². The number of ether oxygens (including phenoxy) is 2. The van der Waals surface area contributed by atoms with Gasteiger partial charge in [-0.2, -0.15) is 5.26 Å². The van der Waals surface area contributed by atoms with Crippen LogP contribution in [0.4, 0.5) is 0 Å². The van der Waals surface area contributed by atoms with E-state index in [1.54, 1.807) is 13.0 Å². The number of hydrogen-bond acceptors (Lipinski definition) is 4. The zero-order valence-electron chi connectivity index (χ0n) is 8.66. The summed E-state index contributed by atoms with van der Waals surface area (Å²) in [6.45, 7) is 6.22. The highest BCUT2D eigenvalue weighted by molar-refractivity contribution is 5.88. The van der Waals surface area contributed by atoms with Crippen molar-refractivity contribution in [3.05, 3.63) is 23.8 Å². The van der Waals surface area contributed by atoms with Crippen LogP contribution in [0.2, 0.25) is 0 Å². The van der Waals surface area contributed by atoms with Crippen LogP contribution in [0.1, 0.15) is 13.3 Å². The maximum atomic E-state index is 11.3. The summed E-state index contributed by atoms with van der Waals surface area (Å²) in [6.07, 6.45) is 2.07. The van der Waals surface area contributed by atoms with Crippen LogP contribution in [0.15, 0.2) is 23.8 Å².